The van der Waals surface area contributed by atoms with Gasteiger partial charge in [-0.05, 0) is 24.8 Å². The molecule has 0 unspecified atom stereocenters. The van der Waals surface area contributed by atoms with E-state index in [0.717, 1.165) is 37.9 Å². The lowest BCUT2D eigenvalue weighted by Gasteiger charge is -2.35. The number of carbonyl (C=O) groups excluding carboxylic acids is 2. The van der Waals surface area contributed by atoms with E-state index in [1.165, 1.54) is 7.11 Å². The molecule has 6 heteroatoms. The number of rotatable bonds is 10. The summed E-state index contributed by atoms with van der Waals surface area (Å²) in [6.07, 6.45) is 7.47. The number of benzene rings is 1. The maximum Gasteiger partial charge on any atom is 0.305 e. The molecule has 1 aliphatic carbocycles. The predicted molar refractivity (Wildman–Crippen MR) is 114 cm³/mol. The minimum atomic E-state index is -0.174. The van der Waals surface area contributed by atoms with Gasteiger partial charge in [0.05, 0.1) is 39.1 Å². The number of allylic oxidation sites excluding steroid dienone is 2. The Bertz CT molecular complexity index is 699. The number of carbonyl (C=O) groups is 2. The number of hydrogen-bond acceptors (Lipinski definition) is 6. The largest absolute Gasteiger partial charge is 0.469 e. The van der Waals surface area contributed by atoms with Gasteiger partial charge in [0.15, 0.2) is 5.78 Å². The Morgan fingerprint density at radius 1 is 1.20 bits per heavy atom. The van der Waals surface area contributed by atoms with E-state index in [9.17, 15) is 9.59 Å². The Kier molecular flexibility index (Phi) is 9.05. The molecule has 1 saturated carbocycles. The fourth-order valence-corrected chi connectivity index (χ4v) is 4.32. The number of esters is 1. The summed E-state index contributed by atoms with van der Waals surface area (Å²) in [5.74, 6) is 0.238. The van der Waals surface area contributed by atoms with Crippen molar-refractivity contribution in [3.05, 3.63) is 48.0 Å². The van der Waals surface area contributed by atoms with Gasteiger partial charge in [-0.1, -0.05) is 42.5 Å². The van der Waals surface area contributed by atoms with E-state index in [4.69, 9.17) is 9.47 Å². The highest BCUT2D eigenvalue weighted by atomic mass is 16.5. The molecule has 0 bridgehead atoms. The molecule has 0 aromatic heterocycles. The maximum atomic E-state index is 12.9. The highest BCUT2D eigenvalue weighted by Crippen LogP contribution is 2.34. The van der Waals surface area contributed by atoms with Crippen LogP contribution in [0.25, 0.3) is 0 Å². The van der Waals surface area contributed by atoms with Crippen molar-refractivity contribution in [2.45, 2.75) is 50.9 Å². The summed E-state index contributed by atoms with van der Waals surface area (Å²) in [6, 6.07) is 9.99. The monoisotopic (exact) mass is 415 g/mol. The van der Waals surface area contributed by atoms with Gasteiger partial charge in [-0.25, -0.2) is 0 Å². The second-order valence-electron chi connectivity index (χ2n) is 7.94. The van der Waals surface area contributed by atoms with Crippen LogP contribution in [0.2, 0.25) is 0 Å². The second-order valence-corrected chi connectivity index (χ2v) is 7.94. The van der Waals surface area contributed by atoms with Gasteiger partial charge < -0.3 is 14.2 Å². The highest BCUT2D eigenvalue weighted by molar-refractivity contribution is 5.87. The van der Waals surface area contributed by atoms with Crippen molar-refractivity contribution < 1.29 is 23.8 Å². The third-order valence-corrected chi connectivity index (χ3v) is 5.92. The molecule has 0 N–H and O–H groups in total. The van der Waals surface area contributed by atoms with Gasteiger partial charge in [0.2, 0.25) is 0 Å². The summed E-state index contributed by atoms with van der Waals surface area (Å²) in [4.78, 5) is 26.4. The normalized spacial score (nSPS) is 25.1. The number of morpholine rings is 1. The quantitative estimate of drug-likeness (QED) is 0.332. The summed E-state index contributed by atoms with van der Waals surface area (Å²) in [5, 5.41) is 0. The average molecular weight is 416 g/mol. The summed E-state index contributed by atoms with van der Waals surface area (Å²) in [6.45, 7) is 3.46. The van der Waals surface area contributed by atoms with E-state index < -0.39 is 0 Å². The molecule has 1 aromatic carbocycles. The summed E-state index contributed by atoms with van der Waals surface area (Å²) in [7, 11) is 1.41. The average Bonchev–Trinajstić information content (AvgIpc) is 3.10. The van der Waals surface area contributed by atoms with Crippen LogP contribution in [0.1, 0.15) is 37.7 Å². The molecule has 0 spiro atoms. The fourth-order valence-electron chi connectivity index (χ4n) is 4.32. The van der Waals surface area contributed by atoms with Gasteiger partial charge in [0.1, 0.15) is 0 Å². The molecule has 2 fully saturated rings. The molecule has 1 aromatic rings. The first-order chi connectivity index (χ1) is 14.7. The van der Waals surface area contributed by atoms with Gasteiger partial charge in [0.25, 0.3) is 0 Å². The molecule has 0 radical (unpaired) electrons. The molecule has 1 saturated heterocycles. The Morgan fingerprint density at radius 2 is 1.97 bits per heavy atom. The molecule has 164 valence electrons. The van der Waals surface area contributed by atoms with E-state index in [1.54, 1.807) is 0 Å². The SMILES string of the molecule is COC(=O)CCCC=CC[C@H]1[C@H](N2CCOCC2)C(=O)C[C@H]1OCc1ccccc1. The fraction of sp³-hybridized carbons (Fsp3) is 0.583. The van der Waals surface area contributed by atoms with Crippen molar-refractivity contribution in [3.8, 4) is 0 Å². The molecule has 6 nitrogen and oxygen atoms in total. The molecule has 3 atom stereocenters. The van der Waals surface area contributed by atoms with Crippen LogP contribution in [0.4, 0.5) is 0 Å². The standard InChI is InChI=1S/C24H33NO5/c1-28-23(27)12-8-3-2-7-11-20-22(30-18-19-9-5-4-6-10-19)17-21(26)24(20)25-13-15-29-16-14-25/h2,4-7,9-10,20,22,24H,3,8,11-18H2,1H3/t20-,22-,24+/m1/s1. The van der Waals surface area contributed by atoms with Crippen LogP contribution in [0.5, 0.6) is 0 Å². The van der Waals surface area contributed by atoms with Gasteiger partial charge >= 0.3 is 5.97 Å². The van der Waals surface area contributed by atoms with Gasteiger partial charge in [-0.3, -0.25) is 14.5 Å². The van der Waals surface area contributed by atoms with Crippen LogP contribution >= 0.6 is 0 Å². The number of ether oxygens (including phenoxy) is 3. The third kappa shape index (κ3) is 6.49. The zero-order valence-electron chi connectivity index (χ0n) is 17.8. The molecule has 3 rings (SSSR count). The van der Waals surface area contributed by atoms with Crippen molar-refractivity contribution >= 4 is 11.8 Å². The van der Waals surface area contributed by atoms with Crippen molar-refractivity contribution in [1.29, 1.82) is 0 Å². The minimum absolute atomic E-state index is 0.0785. The predicted octanol–water partition coefficient (Wildman–Crippen LogP) is 3.15. The Labute approximate surface area is 179 Å². The van der Waals surface area contributed by atoms with Crippen LogP contribution in [0, 0.1) is 5.92 Å². The van der Waals surface area contributed by atoms with Crippen molar-refractivity contribution in [2.24, 2.45) is 5.92 Å². The summed E-state index contributed by atoms with van der Waals surface area (Å²) < 4.78 is 16.4. The van der Waals surface area contributed by atoms with Crippen LogP contribution in [-0.4, -0.2) is 62.2 Å². The summed E-state index contributed by atoms with van der Waals surface area (Å²) >= 11 is 0. The first-order valence-electron chi connectivity index (χ1n) is 10.9. The number of unbranched alkanes of at least 4 members (excludes halogenated alkanes) is 1. The van der Waals surface area contributed by atoms with Crippen molar-refractivity contribution in [2.75, 3.05) is 33.4 Å². The van der Waals surface area contributed by atoms with Crippen LogP contribution in [0.3, 0.4) is 0 Å². The van der Waals surface area contributed by atoms with Gasteiger partial charge in [-0.2, -0.15) is 0 Å². The molecule has 0 amide bonds. The number of nitrogens with zero attached hydrogens (tertiary/aromatic N) is 1. The molecule has 1 heterocycles. The first-order valence-corrected chi connectivity index (χ1v) is 10.9. The molecule has 2 aliphatic rings. The van der Waals surface area contributed by atoms with Gasteiger partial charge in [-0.15, -0.1) is 0 Å². The van der Waals surface area contributed by atoms with E-state index in [-0.39, 0.29) is 29.8 Å². The molecular formula is C24H33NO5. The zero-order valence-corrected chi connectivity index (χ0v) is 17.8. The van der Waals surface area contributed by atoms with Crippen molar-refractivity contribution in [1.82, 2.24) is 4.90 Å². The lowest BCUT2D eigenvalue weighted by molar-refractivity contribution is -0.140. The number of Topliss-reactive ketones (excluding diaryl/α,β-unsaturated/α-hetero) is 1. The smallest absolute Gasteiger partial charge is 0.305 e. The van der Waals surface area contributed by atoms with Crippen LogP contribution < -0.4 is 0 Å². The number of hydrogen-bond donors (Lipinski definition) is 0. The topological polar surface area (TPSA) is 65.1 Å². The Balaban J connectivity index is 1.60. The van der Waals surface area contributed by atoms with E-state index in [0.29, 0.717) is 32.7 Å². The third-order valence-electron chi connectivity index (χ3n) is 5.92. The lowest BCUT2D eigenvalue weighted by atomic mass is 9.95. The number of methoxy groups -OCH3 is 1. The van der Waals surface area contributed by atoms with Crippen molar-refractivity contribution in [3.63, 3.8) is 0 Å². The van der Waals surface area contributed by atoms with Crippen LogP contribution in [0.15, 0.2) is 42.5 Å². The van der Waals surface area contributed by atoms with E-state index in [1.807, 2.05) is 30.3 Å². The first kappa shape index (κ1) is 22.7. The zero-order chi connectivity index (χ0) is 21.2. The Hall–Kier alpha value is -2.02. The van der Waals surface area contributed by atoms with E-state index >= 15 is 0 Å². The molecule has 30 heavy (non-hydrogen) atoms. The van der Waals surface area contributed by atoms with Crippen LogP contribution in [-0.2, 0) is 30.4 Å². The second kappa shape index (κ2) is 12.0. The molecular weight excluding hydrogens is 382 g/mol. The van der Waals surface area contributed by atoms with E-state index in [2.05, 4.69) is 21.8 Å². The highest BCUT2D eigenvalue weighted by Gasteiger charge is 2.45. The summed E-state index contributed by atoms with van der Waals surface area (Å²) in [5.41, 5.74) is 1.12. The molecule has 1 aliphatic heterocycles. The van der Waals surface area contributed by atoms with Gasteiger partial charge in [0, 0.05) is 31.8 Å². The lowest BCUT2D eigenvalue weighted by Crippen LogP contribution is -2.49. The maximum absolute atomic E-state index is 12.9. The number of ketones is 1. The minimum Gasteiger partial charge on any atom is -0.469 e. The Morgan fingerprint density at radius 3 is 2.70 bits per heavy atom.